The van der Waals surface area contributed by atoms with Crippen molar-refractivity contribution >= 4 is 6.09 Å². The number of methoxy groups -OCH3 is 1. The number of alkyl carbamates (subject to hydrolysis) is 1. The van der Waals surface area contributed by atoms with Crippen LogP contribution >= 0.6 is 0 Å². The monoisotopic (exact) mass is 156 g/mol. The van der Waals surface area contributed by atoms with E-state index in [0.717, 1.165) is 0 Å². The summed E-state index contributed by atoms with van der Waals surface area (Å²) in [5.74, 6) is 0. The number of rotatable bonds is 2. The molecule has 11 heavy (non-hydrogen) atoms. The maximum Gasteiger partial charge on any atom is 0.408 e. The summed E-state index contributed by atoms with van der Waals surface area (Å²) in [4.78, 5) is 10.5. The van der Waals surface area contributed by atoms with Crippen molar-refractivity contribution in [2.24, 2.45) is 0 Å². The normalized spacial score (nSPS) is 9.18. The van der Waals surface area contributed by atoms with Crippen LogP contribution < -0.4 is 5.32 Å². The molecular weight excluding hydrogens is 150 g/mol. The Morgan fingerprint density at radius 1 is 1.82 bits per heavy atom. The molecule has 1 amide bonds. The average molecular weight is 156 g/mol. The Hall–Kier alpha value is -1.66. The molecule has 0 aliphatic carbocycles. The summed E-state index contributed by atoms with van der Waals surface area (Å²) in [5, 5.41) is 12.4. The number of nitrogens with one attached hydrogen (secondary N) is 1. The van der Waals surface area contributed by atoms with E-state index in [-0.39, 0.29) is 6.67 Å². The molecule has 0 unspecified atom stereocenters. The molecule has 1 heterocycles. The summed E-state index contributed by atoms with van der Waals surface area (Å²) in [6.07, 6.45) is 1.86. The molecule has 1 rings (SSSR count). The van der Waals surface area contributed by atoms with Crippen LogP contribution in [0, 0.1) is 6.33 Å². The molecule has 1 radical (unpaired) electrons. The van der Waals surface area contributed by atoms with Gasteiger partial charge in [0.15, 0.2) is 0 Å². The van der Waals surface area contributed by atoms with Gasteiger partial charge in [-0.1, -0.05) is 0 Å². The van der Waals surface area contributed by atoms with Crippen LogP contribution in [0.4, 0.5) is 4.79 Å². The minimum atomic E-state index is -0.533. The van der Waals surface area contributed by atoms with Gasteiger partial charge in [0.25, 0.3) is 0 Å². The summed E-state index contributed by atoms with van der Waals surface area (Å²) in [7, 11) is 1.28. The highest BCUT2D eigenvalue weighted by Crippen LogP contribution is 1.74. The number of amides is 1. The first kappa shape index (κ1) is 7.45. The topological polar surface area (TPSA) is 81.9 Å². The maximum absolute atomic E-state index is 10.5. The zero-order valence-electron chi connectivity index (χ0n) is 5.81. The average Bonchev–Trinajstić information content (AvgIpc) is 2.52. The lowest BCUT2D eigenvalue weighted by molar-refractivity contribution is 0.167. The summed E-state index contributed by atoms with van der Waals surface area (Å²) < 4.78 is 5.54. The van der Waals surface area contributed by atoms with Crippen LogP contribution in [0.25, 0.3) is 0 Å². The van der Waals surface area contributed by atoms with Gasteiger partial charge in [-0.15, -0.1) is 5.10 Å². The van der Waals surface area contributed by atoms with Gasteiger partial charge in [0, 0.05) is 0 Å². The minimum Gasteiger partial charge on any atom is -0.453 e. The first-order valence-electron chi connectivity index (χ1n) is 2.78. The highest BCUT2D eigenvalue weighted by atomic mass is 16.5. The van der Waals surface area contributed by atoms with Crippen molar-refractivity contribution in [1.29, 1.82) is 0 Å². The van der Waals surface area contributed by atoms with Crippen LogP contribution in [-0.4, -0.2) is 33.4 Å². The second-order valence-corrected chi connectivity index (χ2v) is 1.60. The van der Waals surface area contributed by atoms with Crippen molar-refractivity contribution in [3.8, 4) is 0 Å². The number of nitrogens with zero attached hydrogens (tertiary/aromatic N) is 4. The van der Waals surface area contributed by atoms with Crippen molar-refractivity contribution in [3.05, 3.63) is 6.33 Å². The van der Waals surface area contributed by atoms with E-state index in [1.54, 1.807) is 0 Å². The molecule has 0 bridgehead atoms. The van der Waals surface area contributed by atoms with Crippen LogP contribution in [0.1, 0.15) is 0 Å². The van der Waals surface area contributed by atoms with Gasteiger partial charge in [-0.2, -0.15) is 0 Å². The lowest BCUT2D eigenvalue weighted by Gasteiger charge is -2.00. The second-order valence-electron chi connectivity index (χ2n) is 1.60. The van der Waals surface area contributed by atoms with E-state index < -0.39 is 6.09 Å². The molecule has 1 aromatic rings. The Morgan fingerprint density at radius 3 is 3.18 bits per heavy atom. The number of tetrazole rings is 1. The van der Waals surface area contributed by atoms with E-state index in [9.17, 15) is 4.79 Å². The van der Waals surface area contributed by atoms with Gasteiger partial charge < -0.3 is 10.1 Å². The Labute approximate surface area is 62.3 Å². The summed E-state index contributed by atoms with van der Waals surface area (Å²) in [6, 6.07) is 0. The van der Waals surface area contributed by atoms with Gasteiger partial charge in [-0.3, -0.25) is 0 Å². The standard InChI is InChI=1S/C4H6N5O2/c1-11-4(10)5-2-9-3-6-7-8-9/h2H2,1H3,(H,5,10). The number of carbonyl (C=O) groups is 1. The largest absolute Gasteiger partial charge is 0.453 e. The van der Waals surface area contributed by atoms with Gasteiger partial charge in [-0.05, 0) is 10.4 Å². The smallest absolute Gasteiger partial charge is 0.408 e. The van der Waals surface area contributed by atoms with Crippen LogP contribution in [0.5, 0.6) is 0 Å². The van der Waals surface area contributed by atoms with E-state index in [0.29, 0.717) is 0 Å². The minimum absolute atomic E-state index is 0.152. The van der Waals surface area contributed by atoms with Crippen LogP contribution in [0.15, 0.2) is 0 Å². The maximum atomic E-state index is 10.5. The second kappa shape index (κ2) is 3.49. The third-order valence-corrected chi connectivity index (χ3v) is 0.911. The fourth-order valence-corrected chi connectivity index (χ4v) is 0.438. The van der Waals surface area contributed by atoms with E-state index >= 15 is 0 Å². The summed E-state index contributed by atoms with van der Waals surface area (Å²) in [5.41, 5.74) is 0. The molecule has 59 valence electrons. The van der Waals surface area contributed by atoms with E-state index in [1.165, 1.54) is 11.8 Å². The lowest BCUT2D eigenvalue weighted by atomic mass is 10.9. The van der Waals surface area contributed by atoms with Gasteiger partial charge >= 0.3 is 6.09 Å². The Balaban J connectivity index is 2.29. The number of carbonyl (C=O) groups excluding carboxylic acids is 1. The fraction of sp³-hybridized carbons (Fsp3) is 0.500. The van der Waals surface area contributed by atoms with Crippen molar-refractivity contribution in [2.45, 2.75) is 6.67 Å². The molecule has 1 aromatic heterocycles. The molecule has 0 saturated carbocycles. The van der Waals surface area contributed by atoms with Crippen molar-refractivity contribution in [3.63, 3.8) is 0 Å². The van der Waals surface area contributed by atoms with Crippen molar-refractivity contribution in [2.75, 3.05) is 7.11 Å². The van der Waals surface area contributed by atoms with Gasteiger partial charge in [0.1, 0.15) is 6.67 Å². The Kier molecular flexibility index (Phi) is 2.37. The number of hydrogen-bond acceptors (Lipinski definition) is 5. The first-order chi connectivity index (χ1) is 5.33. The lowest BCUT2D eigenvalue weighted by Crippen LogP contribution is -2.26. The van der Waals surface area contributed by atoms with Gasteiger partial charge in [0.05, 0.1) is 7.11 Å². The SMILES string of the molecule is COC(=O)NCn1[c]nnn1. The van der Waals surface area contributed by atoms with Gasteiger partial charge in [0.2, 0.25) is 6.33 Å². The fourth-order valence-electron chi connectivity index (χ4n) is 0.438. The van der Waals surface area contributed by atoms with Crippen LogP contribution in [-0.2, 0) is 11.4 Å². The molecular formula is C4H6N5O2. The van der Waals surface area contributed by atoms with E-state index in [4.69, 9.17) is 0 Å². The van der Waals surface area contributed by atoms with Crippen LogP contribution in [0.2, 0.25) is 0 Å². The third-order valence-electron chi connectivity index (χ3n) is 0.911. The molecule has 0 fully saturated rings. The van der Waals surface area contributed by atoms with Crippen LogP contribution in [0.3, 0.4) is 0 Å². The molecule has 0 aliphatic heterocycles. The van der Waals surface area contributed by atoms with Crippen molar-refractivity contribution in [1.82, 2.24) is 25.5 Å². The zero-order valence-corrected chi connectivity index (χ0v) is 5.81. The molecule has 0 aromatic carbocycles. The predicted molar refractivity (Wildman–Crippen MR) is 32.2 cm³/mol. The Morgan fingerprint density at radius 2 is 2.64 bits per heavy atom. The van der Waals surface area contributed by atoms with Gasteiger partial charge in [-0.25, -0.2) is 9.48 Å². The van der Waals surface area contributed by atoms with E-state index in [1.807, 2.05) is 0 Å². The highest BCUT2D eigenvalue weighted by molar-refractivity contribution is 5.66. The third kappa shape index (κ3) is 2.20. The molecule has 0 aliphatic rings. The van der Waals surface area contributed by atoms with Crippen molar-refractivity contribution < 1.29 is 9.53 Å². The Bertz CT molecular complexity index is 220. The molecule has 0 saturated heterocycles. The molecule has 7 nitrogen and oxygen atoms in total. The quantitative estimate of drug-likeness (QED) is 0.580. The number of ether oxygens (including phenoxy) is 1. The molecule has 0 spiro atoms. The zero-order chi connectivity index (χ0) is 8.10. The highest BCUT2D eigenvalue weighted by Gasteiger charge is 1.97. The molecule has 0 atom stereocenters. The number of aromatic nitrogens is 4. The summed E-state index contributed by atoms with van der Waals surface area (Å²) in [6.45, 7) is 0.152. The van der Waals surface area contributed by atoms with E-state index in [2.05, 4.69) is 31.9 Å². The molecule has 7 heteroatoms. The molecule has 1 N–H and O–H groups in total. The number of hydrogen-bond donors (Lipinski definition) is 1. The first-order valence-corrected chi connectivity index (χ1v) is 2.78. The summed E-state index contributed by atoms with van der Waals surface area (Å²) >= 11 is 0. The predicted octanol–water partition coefficient (Wildman–Crippen LogP) is -1.21.